The number of hydrogen-bond acceptors (Lipinski definition) is 3. The Morgan fingerprint density at radius 2 is 2.21 bits per heavy atom. The molecule has 4 heteroatoms. The number of benzene rings is 1. The summed E-state index contributed by atoms with van der Waals surface area (Å²) in [4.78, 5) is 0.421. The maximum Gasteiger partial charge on any atom is 0.170 e. The minimum atomic E-state index is -2.49. The van der Waals surface area contributed by atoms with Crippen LogP contribution in [0.2, 0.25) is 0 Å². The molecule has 0 saturated carbocycles. The summed E-state index contributed by atoms with van der Waals surface area (Å²) in [5.74, 6) is 0.572. The van der Waals surface area contributed by atoms with Gasteiger partial charge in [-0.05, 0) is 24.0 Å². The van der Waals surface area contributed by atoms with Gasteiger partial charge < -0.3 is 5.32 Å². The first-order chi connectivity index (χ1) is 6.68. The van der Waals surface area contributed by atoms with E-state index >= 15 is 0 Å². The number of nitrogens with one attached hydrogen (secondary N) is 1. The van der Waals surface area contributed by atoms with Gasteiger partial charge in [0.2, 0.25) is 0 Å². The first-order valence-electron chi connectivity index (χ1n) is 4.68. The van der Waals surface area contributed by atoms with Crippen LogP contribution in [-0.4, -0.2) is 15.0 Å². The van der Waals surface area contributed by atoms with Crippen molar-refractivity contribution in [1.82, 2.24) is 0 Å². The summed E-state index contributed by atoms with van der Waals surface area (Å²) >= 11 is 0. The van der Waals surface area contributed by atoms with Gasteiger partial charge in [-0.3, -0.25) is 0 Å². The minimum Gasteiger partial charge on any atom is -0.383 e. The molecule has 2 rings (SSSR count). The van der Waals surface area contributed by atoms with Crippen molar-refractivity contribution in [1.29, 1.82) is 0 Å². The van der Waals surface area contributed by atoms with E-state index in [9.17, 15) is 8.42 Å². The number of hydrogen-bond donors (Lipinski definition) is 2. The van der Waals surface area contributed by atoms with E-state index in [-0.39, 0.29) is 0 Å². The van der Waals surface area contributed by atoms with Crippen molar-refractivity contribution in [3.05, 3.63) is 23.8 Å². The average Bonchev–Trinajstić information content (AvgIpc) is 2.16. The summed E-state index contributed by atoms with van der Waals surface area (Å²) < 4.78 is 21.9. The summed E-state index contributed by atoms with van der Waals surface area (Å²) in [7, 11) is -2.49. The van der Waals surface area contributed by atoms with Crippen molar-refractivity contribution in [3.63, 3.8) is 0 Å². The molecule has 1 aliphatic rings. The van der Waals surface area contributed by atoms with Gasteiger partial charge in [0.25, 0.3) is 0 Å². The predicted octanol–water partition coefficient (Wildman–Crippen LogP) is 1.26. The molecule has 0 saturated heterocycles. The van der Waals surface area contributed by atoms with Gasteiger partial charge in [-0.15, -0.1) is 0 Å². The van der Waals surface area contributed by atoms with E-state index in [0.717, 1.165) is 24.2 Å². The number of rotatable bonds is 1. The second-order valence-corrected chi connectivity index (χ2v) is 4.75. The van der Waals surface area contributed by atoms with E-state index in [4.69, 9.17) is 0 Å². The van der Waals surface area contributed by atoms with Gasteiger partial charge in [-0.25, -0.2) is 8.42 Å². The maximum atomic E-state index is 11.0. The molecule has 0 bridgehead atoms. The molecule has 0 amide bonds. The van der Waals surface area contributed by atoms with Gasteiger partial charge in [-0.2, -0.15) is 0 Å². The number of para-hydroxylation sites is 1. The smallest absolute Gasteiger partial charge is 0.170 e. The highest BCUT2D eigenvalue weighted by atomic mass is 32.2. The van der Waals surface area contributed by atoms with Crippen molar-refractivity contribution in [3.8, 4) is 0 Å². The molecule has 1 atom stereocenters. The van der Waals surface area contributed by atoms with Crippen LogP contribution in [0, 0.1) is 5.92 Å². The quantitative estimate of drug-likeness (QED) is 0.687. The highest BCUT2D eigenvalue weighted by molar-refractivity contribution is 7.72. The molecule has 1 aliphatic heterocycles. The Balaban J connectivity index is 2.52. The van der Waals surface area contributed by atoms with Crippen molar-refractivity contribution in [2.45, 2.75) is 18.2 Å². The number of fused-ring (bicyclic) bond motifs is 1. The highest BCUT2D eigenvalue weighted by Gasteiger charge is 2.17. The molecule has 0 radical (unpaired) electrons. The molecule has 1 aromatic carbocycles. The molecule has 0 fully saturated rings. The fraction of sp³-hybridized carbons (Fsp3) is 0.400. The van der Waals surface area contributed by atoms with Crippen LogP contribution in [0.25, 0.3) is 0 Å². The SMILES string of the molecule is CC1CNc2c(cccc2[SH](=O)=O)C1. The van der Waals surface area contributed by atoms with Gasteiger partial charge in [0.05, 0.1) is 10.6 Å². The zero-order chi connectivity index (χ0) is 10.1. The topological polar surface area (TPSA) is 46.2 Å². The zero-order valence-corrected chi connectivity index (χ0v) is 8.88. The lowest BCUT2D eigenvalue weighted by Crippen LogP contribution is -2.21. The minimum absolute atomic E-state index is 0.421. The summed E-state index contributed by atoms with van der Waals surface area (Å²) in [6.45, 7) is 3.01. The molecule has 1 N–H and O–H groups in total. The van der Waals surface area contributed by atoms with Gasteiger partial charge in [0.1, 0.15) is 0 Å². The fourth-order valence-electron chi connectivity index (χ4n) is 1.84. The van der Waals surface area contributed by atoms with E-state index < -0.39 is 10.7 Å². The Morgan fingerprint density at radius 3 is 2.93 bits per heavy atom. The van der Waals surface area contributed by atoms with Crippen LogP contribution in [0.1, 0.15) is 12.5 Å². The summed E-state index contributed by atoms with van der Waals surface area (Å²) in [5, 5.41) is 3.18. The van der Waals surface area contributed by atoms with Gasteiger partial charge in [-0.1, -0.05) is 19.1 Å². The standard InChI is InChI=1S/C10H13NO2S/c1-7-5-8-3-2-4-9(14(12)13)10(8)11-6-7/h2-4,7,11,14H,5-6H2,1H3. The zero-order valence-electron chi connectivity index (χ0n) is 7.99. The highest BCUT2D eigenvalue weighted by Crippen LogP contribution is 2.28. The van der Waals surface area contributed by atoms with E-state index in [1.807, 2.05) is 6.07 Å². The van der Waals surface area contributed by atoms with Gasteiger partial charge in [0, 0.05) is 6.54 Å². The summed E-state index contributed by atoms with van der Waals surface area (Å²) in [5.41, 5.74) is 1.92. The van der Waals surface area contributed by atoms with Crippen LogP contribution in [0.3, 0.4) is 0 Å². The molecular formula is C10H13NO2S. The molecule has 0 spiro atoms. The van der Waals surface area contributed by atoms with E-state index in [1.165, 1.54) is 0 Å². The second-order valence-electron chi connectivity index (χ2n) is 3.76. The van der Waals surface area contributed by atoms with Crippen LogP contribution in [0.15, 0.2) is 23.1 Å². The monoisotopic (exact) mass is 211 g/mol. The molecule has 76 valence electrons. The maximum absolute atomic E-state index is 11.0. The lowest BCUT2D eigenvalue weighted by molar-refractivity contribution is 0.589. The van der Waals surface area contributed by atoms with E-state index in [1.54, 1.807) is 12.1 Å². The molecule has 1 heterocycles. The molecule has 3 nitrogen and oxygen atoms in total. The fourth-order valence-corrected chi connectivity index (χ4v) is 2.45. The molecule has 1 unspecified atom stereocenters. The number of thiol groups is 1. The Labute approximate surface area is 85.1 Å². The lowest BCUT2D eigenvalue weighted by atomic mass is 9.96. The predicted molar refractivity (Wildman–Crippen MR) is 56.4 cm³/mol. The average molecular weight is 211 g/mol. The van der Waals surface area contributed by atoms with E-state index in [0.29, 0.717) is 10.8 Å². The van der Waals surface area contributed by atoms with Crippen molar-refractivity contribution in [2.24, 2.45) is 5.92 Å². The molecule has 0 aromatic heterocycles. The third-order valence-corrected chi connectivity index (χ3v) is 3.29. The summed E-state index contributed by atoms with van der Waals surface area (Å²) in [6, 6.07) is 5.44. The van der Waals surface area contributed by atoms with Crippen LogP contribution in [0.5, 0.6) is 0 Å². The van der Waals surface area contributed by atoms with Crippen LogP contribution in [0.4, 0.5) is 5.69 Å². The van der Waals surface area contributed by atoms with Crippen molar-refractivity contribution >= 4 is 16.4 Å². The Kier molecular flexibility index (Phi) is 2.46. The third kappa shape index (κ3) is 1.62. The van der Waals surface area contributed by atoms with Crippen molar-refractivity contribution < 1.29 is 8.42 Å². The number of anilines is 1. The molecule has 14 heavy (non-hydrogen) atoms. The van der Waals surface area contributed by atoms with Crippen molar-refractivity contribution in [2.75, 3.05) is 11.9 Å². The van der Waals surface area contributed by atoms with Gasteiger partial charge >= 0.3 is 0 Å². The Morgan fingerprint density at radius 1 is 1.43 bits per heavy atom. The lowest BCUT2D eigenvalue weighted by Gasteiger charge is -2.24. The van der Waals surface area contributed by atoms with Gasteiger partial charge in [0.15, 0.2) is 10.7 Å². The first kappa shape index (κ1) is 9.52. The van der Waals surface area contributed by atoms with Crippen LogP contribution in [-0.2, 0) is 17.1 Å². The Bertz CT molecular complexity index is 418. The van der Waals surface area contributed by atoms with Crippen LogP contribution < -0.4 is 5.32 Å². The first-order valence-corrected chi connectivity index (χ1v) is 5.86. The van der Waals surface area contributed by atoms with E-state index in [2.05, 4.69) is 12.2 Å². The molecule has 1 aromatic rings. The Hall–Kier alpha value is -1.03. The van der Waals surface area contributed by atoms with Crippen LogP contribution >= 0.6 is 0 Å². The largest absolute Gasteiger partial charge is 0.383 e. The third-order valence-electron chi connectivity index (χ3n) is 2.52. The normalized spacial score (nSPS) is 20.3. The summed E-state index contributed by atoms with van der Waals surface area (Å²) in [6.07, 6.45) is 0.958. The molecule has 0 aliphatic carbocycles. The second kappa shape index (κ2) is 3.61. The molecular weight excluding hydrogens is 198 g/mol.